The van der Waals surface area contributed by atoms with Crippen molar-refractivity contribution >= 4 is 17.8 Å². The molecule has 2 heterocycles. The fraction of sp³-hybridized carbons (Fsp3) is 0.625. The Bertz CT molecular complexity index is 770. The lowest BCUT2D eigenvalue weighted by Crippen LogP contribution is -2.51. The number of imide groups is 1. The SMILES string of the molecule is CN=C(NCCCCN1C(=O)c2ccccc2C1=O)NCC(CC(C)C)N1CCOCC1. The van der Waals surface area contributed by atoms with Crippen molar-refractivity contribution in [1.29, 1.82) is 0 Å². The number of morpholine rings is 1. The molecule has 1 aromatic rings. The Hall–Kier alpha value is -2.45. The van der Waals surface area contributed by atoms with E-state index in [0.29, 0.717) is 29.6 Å². The van der Waals surface area contributed by atoms with Gasteiger partial charge >= 0.3 is 0 Å². The van der Waals surface area contributed by atoms with E-state index in [1.54, 1.807) is 31.3 Å². The summed E-state index contributed by atoms with van der Waals surface area (Å²) in [5.74, 6) is 1.04. The average molecular weight is 444 g/mol. The van der Waals surface area contributed by atoms with E-state index in [4.69, 9.17) is 4.74 Å². The van der Waals surface area contributed by atoms with E-state index in [2.05, 4.69) is 34.4 Å². The number of unbranched alkanes of at least 4 members (excludes halogenated alkanes) is 1. The van der Waals surface area contributed by atoms with Gasteiger partial charge in [0.05, 0.1) is 24.3 Å². The molecule has 0 aliphatic carbocycles. The first-order valence-corrected chi connectivity index (χ1v) is 11.7. The van der Waals surface area contributed by atoms with Gasteiger partial charge in [0.15, 0.2) is 5.96 Å². The fourth-order valence-electron chi connectivity index (χ4n) is 4.33. The van der Waals surface area contributed by atoms with Gasteiger partial charge in [0, 0.05) is 45.8 Å². The molecule has 0 spiro atoms. The Balaban J connectivity index is 1.38. The molecule has 8 nitrogen and oxygen atoms in total. The molecule has 1 atom stereocenters. The van der Waals surface area contributed by atoms with E-state index in [0.717, 1.165) is 64.6 Å². The van der Waals surface area contributed by atoms with Gasteiger partial charge in [0.1, 0.15) is 0 Å². The highest BCUT2D eigenvalue weighted by Crippen LogP contribution is 2.22. The van der Waals surface area contributed by atoms with Crippen LogP contribution in [-0.2, 0) is 4.74 Å². The third-order valence-electron chi connectivity index (χ3n) is 6.01. The predicted octanol–water partition coefficient (Wildman–Crippen LogP) is 1.97. The number of carbonyl (C=O) groups is 2. The highest BCUT2D eigenvalue weighted by atomic mass is 16.5. The second-order valence-electron chi connectivity index (χ2n) is 8.83. The highest BCUT2D eigenvalue weighted by molar-refractivity contribution is 6.21. The van der Waals surface area contributed by atoms with Crippen LogP contribution >= 0.6 is 0 Å². The molecule has 0 radical (unpaired) electrons. The Morgan fingerprint density at radius 2 is 1.72 bits per heavy atom. The van der Waals surface area contributed by atoms with Crippen molar-refractivity contribution in [1.82, 2.24) is 20.4 Å². The lowest BCUT2D eigenvalue weighted by molar-refractivity contribution is 0.0132. The van der Waals surface area contributed by atoms with Crippen LogP contribution in [0, 0.1) is 5.92 Å². The molecule has 32 heavy (non-hydrogen) atoms. The number of ether oxygens (including phenoxy) is 1. The topological polar surface area (TPSA) is 86.3 Å². The largest absolute Gasteiger partial charge is 0.379 e. The zero-order valence-corrected chi connectivity index (χ0v) is 19.6. The summed E-state index contributed by atoms with van der Waals surface area (Å²) >= 11 is 0. The molecule has 1 fully saturated rings. The maximum atomic E-state index is 12.4. The van der Waals surface area contributed by atoms with Crippen LogP contribution in [-0.4, -0.2) is 86.6 Å². The quantitative estimate of drug-likeness (QED) is 0.249. The summed E-state index contributed by atoms with van der Waals surface area (Å²) in [4.78, 5) is 33.1. The van der Waals surface area contributed by atoms with Crippen LogP contribution in [0.1, 0.15) is 53.8 Å². The van der Waals surface area contributed by atoms with E-state index in [-0.39, 0.29) is 11.8 Å². The van der Waals surface area contributed by atoms with Crippen molar-refractivity contribution in [3.8, 4) is 0 Å². The number of hydrogen-bond donors (Lipinski definition) is 2. The number of rotatable bonds is 10. The second kappa shape index (κ2) is 12.0. The molecular formula is C24H37N5O3. The first kappa shape index (κ1) is 24.2. The predicted molar refractivity (Wildman–Crippen MR) is 126 cm³/mol. The van der Waals surface area contributed by atoms with Gasteiger partial charge in [-0.1, -0.05) is 26.0 Å². The summed E-state index contributed by atoms with van der Waals surface area (Å²) in [6.07, 6.45) is 2.72. The molecule has 1 saturated heterocycles. The number of fused-ring (bicyclic) bond motifs is 1. The second-order valence-corrected chi connectivity index (χ2v) is 8.83. The molecule has 8 heteroatoms. The van der Waals surface area contributed by atoms with Crippen molar-refractivity contribution in [3.63, 3.8) is 0 Å². The van der Waals surface area contributed by atoms with E-state index in [1.807, 2.05) is 0 Å². The Labute approximate surface area is 191 Å². The van der Waals surface area contributed by atoms with Crippen molar-refractivity contribution in [2.75, 3.05) is 53.0 Å². The summed E-state index contributed by atoms with van der Waals surface area (Å²) in [5.41, 5.74) is 1.02. The third kappa shape index (κ3) is 6.29. The molecular weight excluding hydrogens is 406 g/mol. The molecule has 0 saturated carbocycles. The van der Waals surface area contributed by atoms with E-state index < -0.39 is 0 Å². The molecule has 176 valence electrons. The molecule has 1 unspecified atom stereocenters. The number of nitrogens with one attached hydrogen (secondary N) is 2. The third-order valence-corrected chi connectivity index (χ3v) is 6.01. The summed E-state index contributed by atoms with van der Waals surface area (Å²) < 4.78 is 5.50. The molecule has 2 N–H and O–H groups in total. The first-order chi connectivity index (χ1) is 15.5. The van der Waals surface area contributed by atoms with Gasteiger partial charge in [-0.3, -0.25) is 24.4 Å². The summed E-state index contributed by atoms with van der Waals surface area (Å²) in [6, 6.07) is 7.47. The van der Waals surface area contributed by atoms with E-state index in [9.17, 15) is 9.59 Å². The van der Waals surface area contributed by atoms with Gasteiger partial charge in [-0.2, -0.15) is 0 Å². The normalized spacial score (nSPS) is 18.2. The lowest BCUT2D eigenvalue weighted by atomic mass is 10.0. The Morgan fingerprint density at radius 3 is 2.31 bits per heavy atom. The minimum atomic E-state index is -0.185. The minimum absolute atomic E-state index is 0.185. The van der Waals surface area contributed by atoms with Gasteiger partial charge in [0.25, 0.3) is 11.8 Å². The monoisotopic (exact) mass is 443 g/mol. The smallest absolute Gasteiger partial charge is 0.261 e. The lowest BCUT2D eigenvalue weighted by Gasteiger charge is -2.35. The van der Waals surface area contributed by atoms with Crippen molar-refractivity contribution in [2.45, 2.75) is 39.2 Å². The highest BCUT2D eigenvalue weighted by Gasteiger charge is 2.34. The maximum Gasteiger partial charge on any atom is 0.261 e. The minimum Gasteiger partial charge on any atom is -0.379 e. The number of guanidine groups is 1. The van der Waals surface area contributed by atoms with Crippen LogP contribution in [0.5, 0.6) is 0 Å². The number of benzene rings is 1. The van der Waals surface area contributed by atoms with Gasteiger partial charge in [-0.05, 0) is 37.3 Å². The van der Waals surface area contributed by atoms with Crippen molar-refractivity contribution in [3.05, 3.63) is 35.4 Å². The zero-order valence-electron chi connectivity index (χ0n) is 19.6. The molecule has 2 aliphatic heterocycles. The molecule has 2 aliphatic rings. The van der Waals surface area contributed by atoms with Gasteiger partial charge in [-0.25, -0.2) is 0 Å². The van der Waals surface area contributed by atoms with Gasteiger partial charge < -0.3 is 15.4 Å². The molecule has 2 amide bonds. The maximum absolute atomic E-state index is 12.4. The van der Waals surface area contributed by atoms with Crippen LogP contribution in [0.25, 0.3) is 0 Å². The summed E-state index contributed by atoms with van der Waals surface area (Å²) in [5, 5.41) is 6.82. The first-order valence-electron chi connectivity index (χ1n) is 11.7. The molecule has 1 aromatic carbocycles. The van der Waals surface area contributed by atoms with Crippen LogP contribution in [0.2, 0.25) is 0 Å². The number of nitrogens with zero attached hydrogens (tertiary/aromatic N) is 3. The zero-order chi connectivity index (χ0) is 22.9. The van der Waals surface area contributed by atoms with Gasteiger partial charge in [0.2, 0.25) is 0 Å². The molecule has 0 bridgehead atoms. The van der Waals surface area contributed by atoms with Crippen LogP contribution in [0.15, 0.2) is 29.3 Å². The number of aliphatic imine (C=N–C) groups is 1. The van der Waals surface area contributed by atoms with Crippen LogP contribution in [0.4, 0.5) is 0 Å². The van der Waals surface area contributed by atoms with Crippen molar-refractivity contribution < 1.29 is 14.3 Å². The number of amides is 2. The molecule has 0 aromatic heterocycles. The van der Waals surface area contributed by atoms with E-state index >= 15 is 0 Å². The summed E-state index contributed by atoms with van der Waals surface area (Å²) in [6.45, 7) is 10.1. The average Bonchev–Trinajstić information content (AvgIpc) is 3.05. The van der Waals surface area contributed by atoms with E-state index in [1.165, 1.54) is 4.90 Å². The number of hydrogen-bond acceptors (Lipinski definition) is 5. The standard InChI is InChI=1S/C24H37N5O3/c1-18(2)16-19(28-12-14-32-15-13-28)17-27-24(25-3)26-10-6-7-11-29-22(30)20-8-4-5-9-21(20)23(29)31/h4-5,8-9,18-19H,6-7,10-17H2,1-3H3,(H2,25,26,27). The number of carbonyl (C=O) groups excluding carboxylic acids is 2. The Kier molecular flexibility index (Phi) is 9.05. The molecule has 3 rings (SSSR count). The van der Waals surface area contributed by atoms with Gasteiger partial charge in [-0.15, -0.1) is 0 Å². The van der Waals surface area contributed by atoms with Crippen molar-refractivity contribution in [2.24, 2.45) is 10.9 Å². The van der Waals surface area contributed by atoms with Crippen LogP contribution < -0.4 is 10.6 Å². The summed E-state index contributed by atoms with van der Waals surface area (Å²) in [7, 11) is 1.78. The fourth-order valence-corrected chi connectivity index (χ4v) is 4.33. The Morgan fingerprint density at radius 1 is 1.06 bits per heavy atom. The van der Waals surface area contributed by atoms with Crippen LogP contribution in [0.3, 0.4) is 0 Å².